The minimum atomic E-state index is 0.735. The van der Waals surface area contributed by atoms with Crippen molar-refractivity contribution in [2.45, 2.75) is 19.9 Å². The van der Waals surface area contributed by atoms with Crippen LogP contribution in [0.3, 0.4) is 0 Å². The maximum atomic E-state index is 5.66. The van der Waals surface area contributed by atoms with Gasteiger partial charge in [0.1, 0.15) is 0 Å². The van der Waals surface area contributed by atoms with Crippen molar-refractivity contribution < 1.29 is 0 Å². The molecule has 0 atom stereocenters. The van der Waals surface area contributed by atoms with Crippen molar-refractivity contribution in [3.63, 3.8) is 0 Å². The largest absolute Gasteiger partial charge is 0.298 e. The molecule has 3 heteroatoms. The van der Waals surface area contributed by atoms with Gasteiger partial charge in [-0.1, -0.05) is 13.0 Å². The first-order chi connectivity index (χ1) is 6.86. The van der Waals surface area contributed by atoms with E-state index in [1.807, 2.05) is 18.3 Å². The van der Waals surface area contributed by atoms with Crippen LogP contribution >= 0.6 is 11.6 Å². The standard InChI is InChI=1S/C11H17ClN2/c1-2-14(9-5-7-12)10-11-6-3-4-8-13-11/h3-4,6,8H,2,5,7,9-10H2,1H3. The van der Waals surface area contributed by atoms with Crippen molar-refractivity contribution in [3.8, 4) is 0 Å². The van der Waals surface area contributed by atoms with Gasteiger partial charge in [-0.2, -0.15) is 0 Å². The van der Waals surface area contributed by atoms with E-state index in [2.05, 4.69) is 22.9 Å². The van der Waals surface area contributed by atoms with Gasteiger partial charge in [-0.3, -0.25) is 9.88 Å². The average molecular weight is 213 g/mol. The van der Waals surface area contributed by atoms with Gasteiger partial charge in [-0.05, 0) is 31.6 Å². The molecule has 0 aliphatic rings. The molecule has 1 heterocycles. The van der Waals surface area contributed by atoms with E-state index < -0.39 is 0 Å². The third-order valence-electron chi connectivity index (χ3n) is 2.17. The van der Waals surface area contributed by atoms with E-state index in [4.69, 9.17) is 11.6 Å². The molecule has 0 bridgehead atoms. The summed E-state index contributed by atoms with van der Waals surface area (Å²) in [6.45, 7) is 5.19. The third kappa shape index (κ3) is 4.07. The Morgan fingerprint density at radius 1 is 1.43 bits per heavy atom. The summed E-state index contributed by atoms with van der Waals surface area (Å²) in [4.78, 5) is 6.65. The first-order valence-electron chi connectivity index (χ1n) is 5.05. The summed E-state index contributed by atoms with van der Waals surface area (Å²) in [6, 6.07) is 6.03. The van der Waals surface area contributed by atoms with Crippen molar-refractivity contribution in [1.82, 2.24) is 9.88 Å². The van der Waals surface area contributed by atoms with Crippen LogP contribution in [0.5, 0.6) is 0 Å². The molecule has 1 aromatic heterocycles. The molecule has 1 rings (SSSR count). The highest BCUT2D eigenvalue weighted by atomic mass is 35.5. The van der Waals surface area contributed by atoms with Crippen LogP contribution < -0.4 is 0 Å². The second-order valence-corrected chi connectivity index (χ2v) is 3.61. The van der Waals surface area contributed by atoms with Crippen LogP contribution in [0.15, 0.2) is 24.4 Å². The zero-order chi connectivity index (χ0) is 10.2. The van der Waals surface area contributed by atoms with E-state index in [-0.39, 0.29) is 0 Å². The van der Waals surface area contributed by atoms with Gasteiger partial charge < -0.3 is 0 Å². The molecule has 0 aliphatic heterocycles. The highest BCUT2D eigenvalue weighted by Gasteiger charge is 2.02. The van der Waals surface area contributed by atoms with E-state index in [0.29, 0.717) is 0 Å². The van der Waals surface area contributed by atoms with Gasteiger partial charge >= 0.3 is 0 Å². The van der Waals surface area contributed by atoms with Crippen LogP contribution in [-0.4, -0.2) is 28.9 Å². The number of nitrogens with zero attached hydrogens (tertiary/aromatic N) is 2. The van der Waals surface area contributed by atoms with E-state index in [1.165, 1.54) is 0 Å². The predicted molar refractivity (Wildman–Crippen MR) is 60.5 cm³/mol. The molecule has 78 valence electrons. The summed E-state index contributed by atoms with van der Waals surface area (Å²) < 4.78 is 0. The molecular weight excluding hydrogens is 196 g/mol. The van der Waals surface area contributed by atoms with Crippen molar-refractivity contribution >= 4 is 11.6 Å². The highest BCUT2D eigenvalue weighted by Crippen LogP contribution is 2.01. The van der Waals surface area contributed by atoms with E-state index in [9.17, 15) is 0 Å². The number of pyridine rings is 1. The van der Waals surface area contributed by atoms with Crippen molar-refractivity contribution in [1.29, 1.82) is 0 Å². The summed E-state index contributed by atoms with van der Waals surface area (Å²) in [5.74, 6) is 0.735. The molecule has 14 heavy (non-hydrogen) atoms. The molecule has 0 fully saturated rings. The number of rotatable bonds is 6. The molecule has 0 saturated heterocycles. The third-order valence-corrected chi connectivity index (χ3v) is 2.43. The van der Waals surface area contributed by atoms with Crippen LogP contribution in [0.2, 0.25) is 0 Å². The molecule has 0 N–H and O–H groups in total. The topological polar surface area (TPSA) is 16.1 Å². The van der Waals surface area contributed by atoms with Crippen LogP contribution in [0, 0.1) is 0 Å². The molecule has 0 unspecified atom stereocenters. The second-order valence-electron chi connectivity index (χ2n) is 3.23. The SMILES string of the molecule is CCN(CCCCl)Cc1ccccn1. The minimum Gasteiger partial charge on any atom is -0.298 e. The van der Waals surface area contributed by atoms with Gasteiger partial charge in [0.15, 0.2) is 0 Å². The molecule has 0 amide bonds. The number of hydrogen-bond donors (Lipinski definition) is 0. The Morgan fingerprint density at radius 2 is 2.29 bits per heavy atom. The Labute approximate surface area is 90.9 Å². The minimum absolute atomic E-state index is 0.735. The van der Waals surface area contributed by atoms with E-state index >= 15 is 0 Å². The summed E-state index contributed by atoms with van der Waals surface area (Å²) in [5, 5.41) is 0. The lowest BCUT2D eigenvalue weighted by molar-refractivity contribution is 0.278. The maximum Gasteiger partial charge on any atom is 0.0543 e. The van der Waals surface area contributed by atoms with Gasteiger partial charge in [-0.15, -0.1) is 11.6 Å². The Hall–Kier alpha value is -0.600. The van der Waals surface area contributed by atoms with Crippen LogP contribution in [0.1, 0.15) is 19.0 Å². The summed E-state index contributed by atoms with van der Waals surface area (Å²) in [6.07, 6.45) is 2.88. The van der Waals surface area contributed by atoms with Gasteiger partial charge in [0.25, 0.3) is 0 Å². The monoisotopic (exact) mass is 212 g/mol. The number of hydrogen-bond acceptors (Lipinski definition) is 2. The Morgan fingerprint density at radius 3 is 2.86 bits per heavy atom. The Kier molecular flexibility index (Phi) is 5.57. The molecule has 0 aliphatic carbocycles. The Balaban J connectivity index is 2.40. The summed E-state index contributed by atoms with van der Waals surface area (Å²) >= 11 is 5.66. The fraction of sp³-hybridized carbons (Fsp3) is 0.545. The normalized spacial score (nSPS) is 10.8. The van der Waals surface area contributed by atoms with Gasteiger partial charge in [0.2, 0.25) is 0 Å². The maximum absolute atomic E-state index is 5.66. The van der Waals surface area contributed by atoms with Crippen molar-refractivity contribution in [2.75, 3.05) is 19.0 Å². The van der Waals surface area contributed by atoms with Gasteiger partial charge in [-0.25, -0.2) is 0 Å². The van der Waals surface area contributed by atoms with Crippen LogP contribution in [-0.2, 0) is 6.54 Å². The predicted octanol–water partition coefficient (Wildman–Crippen LogP) is 2.53. The summed E-state index contributed by atoms with van der Waals surface area (Å²) in [7, 11) is 0. The number of alkyl halides is 1. The van der Waals surface area contributed by atoms with Crippen molar-refractivity contribution in [2.24, 2.45) is 0 Å². The lowest BCUT2D eigenvalue weighted by Gasteiger charge is -2.18. The first-order valence-corrected chi connectivity index (χ1v) is 5.58. The van der Waals surface area contributed by atoms with E-state index in [1.54, 1.807) is 0 Å². The molecule has 2 nitrogen and oxygen atoms in total. The summed E-state index contributed by atoms with van der Waals surface area (Å²) in [5.41, 5.74) is 1.13. The average Bonchev–Trinajstić information content (AvgIpc) is 2.25. The zero-order valence-corrected chi connectivity index (χ0v) is 9.37. The Bertz CT molecular complexity index is 238. The smallest absolute Gasteiger partial charge is 0.0543 e. The molecule has 0 spiro atoms. The fourth-order valence-corrected chi connectivity index (χ4v) is 1.47. The lowest BCUT2D eigenvalue weighted by atomic mass is 10.3. The van der Waals surface area contributed by atoms with E-state index in [0.717, 1.165) is 37.6 Å². The number of aromatic nitrogens is 1. The molecular formula is C11H17ClN2. The fourth-order valence-electron chi connectivity index (χ4n) is 1.35. The molecule has 0 radical (unpaired) electrons. The van der Waals surface area contributed by atoms with Crippen LogP contribution in [0.4, 0.5) is 0 Å². The van der Waals surface area contributed by atoms with Gasteiger partial charge in [0, 0.05) is 18.6 Å². The van der Waals surface area contributed by atoms with Crippen LogP contribution in [0.25, 0.3) is 0 Å². The number of halogens is 1. The lowest BCUT2D eigenvalue weighted by Crippen LogP contribution is -2.24. The van der Waals surface area contributed by atoms with Gasteiger partial charge in [0.05, 0.1) is 5.69 Å². The zero-order valence-electron chi connectivity index (χ0n) is 8.62. The van der Waals surface area contributed by atoms with Crippen molar-refractivity contribution in [3.05, 3.63) is 30.1 Å². The first kappa shape index (κ1) is 11.5. The molecule has 0 aromatic carbocycles. The second kappa shape index (κ2) is 6.80. The quantitative estimate of drug-likeness (QED) is 0.674. The molecule has 0 saturated carbocycles. The highest BCUT2D eigenvalue weighted by molar-refractivity contribution is 6.17. The molecule has 1 aromatic rings.